The van der Waals surface area contributed by atoms with E-state index in [4.69, 9.17) is 4.98 Å². The minimum Gasteiger partial charge on any atom is -0.367 e. The molecular weight excluding hydrogens is 260 g/mol. The number of aromatic amines is 1. The van der Waals surface area contributed by atoms with Crippen LogP contribution >= 0.6 is 0 Å². The highest BCUT2D eigenvalue weighted by atomic mass is 15.0. The molecule has 106 valence electrons. The molecule has 21 heavy (non-hydrogen) atoms. The standard InChI is InChI=1S/C17H18N4/c1-2-5-12(4-1)20-16-7-3-6-15(21-16)13-8-10-18-17-14(13)9-11-19-17/h3,6-12H,1-2,4-5H2,(H,18,19)(H,20,21). The van der Waals surface area contributed by atoms with Crippen molar-refractivity contribution in [3.05, 3.63) is 42.7 Å². The number of aromatic nitrogens is 3. The van der Waals surface area contributed by atoms with Crippen LogP contribution in [0.2, 0.25) is 0 Å². The van der Waals surface area contributed by atoms with E-state index in [9.17, 15) is 0 Å². The van der Waals surface area contributed by atoms with Gasteiger partial charge in [-0.15, -0.1) is 0 Å². The molecule has 0 unspecified atom stereocenters. The van der Waals surface area contributed by atoms with Crippen LogP contribution in [0.3, 0.4) is 0 Å². The van der Waals surface area contributed by atoms with Gasteiger partial charge in [-0.3, -0.25) is 0 Å². The van der Waals surface area contributed by atoms with E-state index in [0.29, 0.717) is 6.04 Å². The fourth-order valence-corrected chi connectivity index (χ4v) is 3.13. The maximum atomic E-state index is 4.78. The Balaban J connectivity index is 1.70. The predicted octanol–water partition coefficient (Wildman–Crippen LogP) is 3.98. The molecule has 3 heterocycles. The molecule has 0 aliphatic heterocycles. The maximum Gasteiger partial charge on any atom is 0.137 e. The molecule has 1 saturated carbocycles. The van der Waals surface area contributed by atoms with E-state index in [2.05, 4.69) is 39.6 Å². The second-order valence-electron chi connectivity index (χ2n) is 5.63. The number of pyridine rings is 2. The Morgan fingerprint density at radius 1 is 1.10 bits per heavy atom. The van der Waals surface area contributed by atoms with E-state index in [1.54, 1.807) is 0 Å². The lowest BCUT2D eigenvalue weighted by molar-refractivity contribution is 0.751. The summed E-state index contributed by atoms with van der Waals surface area (Å²) in [5, 5.41) is 4.67. The number of hydrogen-bond acceptors (Lipinski definition) is 3. The van der Waals surface area contributed by atoms with Gasteiger partial charge in [0.25, 0.3) is 0 Å². The molecule has 4 heteroatoms. The molecular formula is C17H18N4. The van der Waals surface area contributed by atoms with Crippen LogP contribution in [0.4, 0.5) is 5.82 Å². The first-order valence-electron chi connectivity index (χ1n) is 7.56. The molecule has 0 amide bonds. The van der Waals surface area contributed by atoms with Crippen molar-refractivity contribution in [2.45, 2.75) is 31.7 Å². The summed E-state index contributed by atoms with van der Waals surface area (Å²) in [7, 11) is 0. The Bertz CT molecular complexity index is 756. The largest absolute Gasteiger partial charge is 0.367 e. The molecule has 1 aliphatic rings. The number of nitrogens with one attached hydrogen (secondary N) is 2. The second-order valence-corrected chi connectivity index (χ2v) is 5.63. The topological polar surface area (TPSA) is 53.6 Å². The Morgan fingerprint density at radius 2 is 2.00 bits per heavy atom. The highest BCUT2D eigenvalue weighted by molar-refractivity contribution is 5.91. The van der Waals surface area contributed by atoms with Gasteiger partial charge in [0.2, 0.25) is 0 Å². The quantitative estimate of drug-likeness (QED) is 0.762. The van der Waals surface area contributed by atoms with Crippen LogP contribution in [0.15, 0.2) is 42.7 Å². The first kappa shape index (κ1) is 12.4. The number of rotatable bonds is 3. The summed E-state index contributed by atoms with van der Waals surface area (Å²) < 4.78 is 0. The molecule has 0 aromatic carbocycles. The zero-order valence-corrected chi connectivity index (χ0v) is 11.8. The molecule has 0 saturated heterocycles. The van der Waals surface area contributed by atoms with Gasteiger partial charge in [-0.1, -0.05) is 18.9 Å². The molecule has 0 spiro atoms. The lowest BCUT2D eigenvalue weighted by Crippen LogP contribution is -2.15. The minimum absolute atomic E-state index is 0.581. The third-order valence-corrected chi connectivity index (χ3v) is 4.19. The second kappa shape index (κ2) is 5.20. The molecule has 0 atom stereocenters. The van der Waals surface area contributed by atoms with Gasteiger partial charge in [-0.05, 0) is 37.1 Å². The maximum absolute atomic E-state index is 4.78. The summed E-state index contributed by atoms with van der Waals surface area (Å²) in [6, 6.07) is 10.8. The van der Waals surface area contributed by atoms with E-state index in [-0.39, 0.29) is 0 Å². The van der Waals surface area contributed by atoms with Gasteiger partial charge in [0.15, 0.2) is 0 Å². The Hall–Kier alpha value is -2.36. The van der Waals surface area contributed by atoms with Gasteiger partial charge in [0.1, 0.15) is 11.5 Å². The summed E-state index contributed by atoms with van der Waals surface area (Å²) in [6.07, 6.45) is 8.90. The van der Waals surface area contributed by atoms with Crippen LogP contribution in [-0.2, 0) is 0 Å². The van der Waals surface area contributed by atoms with E-state index >= 15 is 0 Å². The van der Waals surface area contributed by atoms with Crippen LogP contribution in [0.25, 0.3) is 22.3 Å². The lowest BCUT2D eigenvalue weighted by Gasteiger charge is -2.13. The van der Waals surface area contributed by atoms with Crippen LogP contribution in [0.1, 0.15) is 25.7 Å². The molecule has 3 aromatic rings. The monoisotopic (exact) mass is 278 g/mol. The molecule has 4 nitrogen and oxygen atoms in total. The van der Waals surface area contributed by atoms with Gasteiger partial charge in [-0.25, -0.2) is 9.97 Å². The fraction of sp³-hybridized carbons (Fsp3) is 0.294. The zero-order chi connectivity index (χ0) is 14.1. The van der Waals surface area contributed by atoms with Crippen molar-refractivity contribution in [1.82, 2.24) is 15.0 Å². The fourth-order valence-electron chi connectivity index (χ4n) is 3.13. The summed E-state index contributed by atoms with van der Waals surface area (Å²) in [4.78, 5) is 12.3. The highest BCUT2D eigenvalue weighted by Crippen LogP contribution is 2.27. The van der Waals surface area contributed by atoms with Crippen molar-refractivity contribution in [1.29, 1.82) is 0 Å². The summed E-state index contributed by atoms with van der Waals surface area (Å²) in [5.74, 6) is 0.972. The summed E-state index contributed by atoms with van der Waals surface area (Å²) in [5.41, 5.74) is 3.02. The molecule has 1 aliphatic carbocycles. The van der Waals surface area contributed by atoms with E-state index in [1.807, 2.05) is 18.5 Å². The molecule has 0 radical (unpaired) electrons. The van der Waals surface area contributed by atoms with E-state index in [0.717, 1.165) is 28.1 Å². The highest BCUT2D eigenvalue weighted by Gasteiger charge is 2.15. The van der Waals surface area contributed by atoms with Crippen LogP contribution in [-0.4, -0.2) is 21.0 Å². The number of anilines is 1. The first-order valence-corrected chi connectivity index (χ1v) is 7.56. The molecule has 2 N–H and O–H groups in total. The van der Waals surface area contributed by atoms with Gasteiger partial charge < -0.3 is 10.3 Å². The van der Waals surface area contributed by atoms with Crippen molar-refractivity contribution >= 4 is 16.9 Å². The lowest BCUT2D eigenvalue weighted by atomic mass is 10.1. The SMILES string of the molecule is c1cc(NC2CCCC2)nc(-c2ccnc3[nH]ccc23)c1. The number of fused-ring (bicyclic) bond motifs is 1. The number of H-pyrrole nitrogens is 1. The number of nitrogens with zero attached hydrogens (tertiary/aromatic N) is 2. The van der Waals surface area contributed by atoms with Crippen LogP contribution in [0, 0.1) is 0 Å². The van der Waals surface area contributed by atoms with Gasteiger partial charge in [-0.2, -0.15) is 0 Å². The van der Waals surface area contributed by atoms with Crippen molar-refractivity contribution in [2.24, 2.45) is 0 Å². The predicted molar refractivity (Wildman–Crippen MR) is 85.2 cm³/mol. The normalized spacial score (nSPS) is 15.6. The van der Waals surface area contributed by atoms with Crippen molar-refractivity contribution in [3.8, 4) is 11.3 Å². The van der Waals surface area contributed by atoms with Gasteiger partial charge >= 0.3 is 0 Å². The molecule has 4 rings (SSSR count). The zero-order valence-electron chi connectivity index (χ0n) is 11.8. The van der Waals surface area contributed by atoms with Crippen molar-refractivity contribution < 1.29 is 0 Å². The summed E-state index contributed by atoms with van der Waals surface area (Å²) >= 11 is 0. The van der Waals surface area contributed by atoms with Crippen molar-refractivity contribution in [2.75, 3.05) is 5.32 Å². The first-order chi connectivity index (χ1) is 10.4. The molecule has 1 fully saturated rings. The summed E-state index contributed by atoms with van der Waals surface area (Å²) in [6.45, 7) is 0. The average molecular weight is 278 g/mol. The van der Waals surface area contributed by atoms with Gasteiger partial charge in [0.05, 0.1) is 5.69 Å². The average Bonchev–Trinajstić information content (AvgIpc) is 3.18. The van der Waals surface area contributed by atoms with Crippen LogP contribution in [0.5, 0.6) is 0 Å². The minimum atomic E-state index is 0.581. The van der Waals surface area contributed by atoms with Crippen molar-refractivity contribution in [3.63, 3.8) is 0 Å². The third kappa shape index (κ3) is 2.37. The smallest absolute Gasteiger partial charge is 0.137 e. The Kier molecular flexibility index (Phi) is 3.07. The number of hydrogen-bond donors (Lipinski definition) is 2. The van der Waals surface area contributed by atoms with Crippen LogP contribution < -0.4 is 5.32 Å². The Labute approximate surface area is 123 Å². The Morgan fingerprint density at radius 3 is 2.90 bits per heavy atom. The van der Waals surface area contributed by atoms with E-state index in [1.165, 1.54) is 25.7 Å². The third-order valence-electron chi connectivity index (χ3n) is 4.19. The molecule has 3 aromatic heterocycles. The van der Waals surface area contributed by atoms with E-state index < -0.39 is 0 Å². The van der Waals surface area contributed by atoms with Gasteiger partial charge in [0, 0.05) is 29.4 Å². The molecule has 0 bridgehead atoms.